The van der Waals surface area contributed by atoms with Gasteiger partial charge in [0.15, 0.2) is 0 Å². The standard InChI is InChI=1S/AsH3.4FH.W/h1H3;4*1H;/q;;;;;+4/p-4. The van der Waals surface area contributed by atoms with E-state index in [1.54, 1.807) is 0 Å². The van der Waals surface area contributed by atoms with Crippen LogP contribution in [0.1, 0.15) is 0 Å². The van der Waals surface area contributed by atoms with Crippen LogP contribution in [-0.4, -0.2) is 18.0 Å². The van der Waals surface area contributed by atoms with E-state index in [1.165, 1.54) is 0 Å². The molecule has 0 bridgehead atoms. The Morgan fingerprint density at radius 3 is 0.833 bits per heavy atom. The fraction of sp³-hybridized carbons (Fsp3) is 0. The van der Waals surface area contributed by atoms with E-state index in [1.807, 2.05) is 0 Å². The molecule has 0 nitrogen and oxygen atoms in total. The minimum absolute atomic E-state index is 0. The summed E-state index contributed by atoms with van der Waals surface area (Å²) in [7, 11) is 0. The summed E-state index contributed by atoms with van der Waals surface area (Å²) in [6.07, 6.45) is 0. The van der Waals surface area contributed by atoms with Gasteiger partial charge in [-0.2, -0.15) is 0 Å². The van der Waals surface area contributed by atoms with Crippen LogP contribution in [0.25, 0.3) is 0 Å². The van der Waals surface area contributed by atoms with E-state index in [0.717, 1.165) is 0 Å². The fourth-order valence-electron chi connectivity index (χ4n) is 0. The quantitative estimate of drug-likeness (QED) is 0.446. The van der Waals surface area contributed by atoms with Crippen LogP contribution in [0, 0.1) is 0 Å². The molecule has 0 heterocycles. The maximum atomic E-state index is 9.90. The third kappa shape index (κ3) is 83.6. The number of hydrogen-bond donors (Lipinski definition) is 0. The van der Waals surface area contributed by atoms with Crippen LogP contribution >= 0.6 is 0 Å². The molecule has 0 fully saturated rings. The van der Waals surface area contributed by atoms with Gasteiger partial charge in [0.1, 0.15) is 0 Å². The van der Waals surface area contributed by atoms with E-state index in [0.29, 0.717) is 0 Å². The molecule has 0 aromatic heterocycles. The second-order valence-electron chi connectivity index (χ2n) is 0.350. The molecule has 0 saturated carbocycles. The summed E-state index contributed by atoms with van der Waals surface area (Å²) in [6, 6.07) is 0. The first-order valence-electron chi connectivity index (χ1n) is 0.617. The van der Waals surface area contributed by atoms with Crippen molar-refractivity contribution in [3.05, 3.63) is 0 Å². The molecule has 0 aromatic carbocycles. The molecule has 0 amide bonds. The number of hydrogen-bond acceptors (Lipinski definition) is 0. The van der Waals surface area contributed by atoms with Crippen molar-refractivity contribution in [2.24, 2.45) is 0 Å². The molecule has 0 radical (unpaired) electrons. The van der Waals surface area contributed by atoms with Gasteiger partial charge in [0, 0.05) is 0 Å². The van der Waals surface area contributed by atoms with Gasteiger partial charge in [0.25, 0.3) is 0 Å². The summed E-state index contributed by atoms with van der Waals surface area (Å²) < 4.78 is 39.6. The molecular formula is H3AsF4W. The molecule has 0 aliphatic rings. The van der Waals surface area contributed by atoms with Crippen molar-refractivity contribution in [2.45, 2.75) is 0 Å². The summed E-state index contributed by atoms with van der Waals surface area (Å²) in [5, 5.41) is 0. The predicted octanol–water partition coefficient (Wildman–Crippen LogP) is 0.494. The van der Waals surface area contributed by atoms with E-state index < -0.39 is 18.2 Å². The fourth-order valence-corrected chi connectivity index (χ4v) is 0. The van der Waals surface area contributed by atoms with Gasteiger partial charge < -0.3 is 0 Å². The van der Waals surface area contributed by atoms with Gasteiger partial charge in [0.2, 0.25) is 0 Å². The topological polar surface area (TPSA) is 0 Å². The van der Waals surface area contributed by atoms with Gasteiger partial charge in [-0.05, 0) is 0 Å². The van der Waals surface area contributed by atoms with Crippen LogP contribution in [0.4, 0.5) is 12.6 Å². The zero-order valence-electron chi connectivity index (χ0n) is 2.63. The first kappa shape index (κ1) is 10.1. The molecule has 1 atom stereocenters. The van der Waals surface area contributed by atoms with Crippen LogP contribution < -0.4 is 0 Å². The zero-order valence-corrected chi connectivity index (χ0v) is 8.53. The summed E-state index contributed by atoms with van der Waals surface area (Å²) in [5.41, 5.74) is 0. The molecule has 0 aromatic rings. The summed E-state index contributed by atoms with van der Waals surface area (Å²) in [4.78, 5) is 0. The van der Waals surface area contributed by atoms with E-state index in [2.05, 4.69) is 0 Å². The Hall–Kier alpha value is 0.967. The van der Waals surface area contributed by atoms with Crippen molar-refractivity contribution in [2.75, 3.05) is 0 Å². The Kier molecular flexibility index (Phi) is 5.08. The minimum atomic E-state index is -7.17. The Bertz CT molecular complexity index is 23.0. The molecule has 0 rings (SSSR count). The van der Waals surface area contributed by atoms with Crippen molar-refractivity contribution in [1.29, 1.82) is 0 Å². The van der Waals surface area contributed by atoms with Crippen LogP contribution in [0.2, 0.25) is 0 Å². The molecule has 6 heavy (non-hydrogen) atoms. The predicted molar refractivity (Wildman–Crippen MR) is 14.4 cm³/mol. The summed E-state index contributed by atoms with van der Waals surface area (Å²) in [5.74, 6) is 0. The maximum absolute atomic E-state index is 9.90. The van der Waals surface area contributed by atoms with Gasteiger partial charge in [-0.25, -0.2) is 0 Å². The van der Waals surface area contributed by atoms with Crippen molar-refractivity contribution in [3.63, 3.8) is 0 Å². The molecule has 42 valence electrons. The van der Waals surface area contributed by atoms with Gasteiger partial charge in [-0.3, -0.25) is 0 Å². The van der Waals surface area contributed by atoms with E-state index in [-0.39, 0.29) is 18.0 Å². The molecule has 0 aliphatic heterocycles. The molecule has 0 N–H and O–H groups in total. The average Bonchev–Trinajstić information content (AvgIpc) is 0.722. The molecule has 0 aliphatic carbocycles. The molecule has 6 heteroatoms. The Morgan fingerprint density at radius 1 is 0.833 bits per heavy atom. The molecule has 1 unspecified atom stereocenters. The van der Waals surface area contributed by atoms with Gasteiger partial charge in [0.05, 0.1) is 0 Å². The van der Waals surface area contributed by atoms with Crippen LogP contribution in [-0.2, 0) is 18.2 Å². The number of rotatable bonds is 0. The Balaban J connectivity index is 0. The third-order valence-electron chi connectivity index (χ3n) is 0. The van der Waals surface area contributed by atoms with Gasteiger partial charge in [-0.15, -0.1) is 0 Å². The second kappa shape index (κ2) is 3.03. The van der Waals surface area contributed by atoms with Crippen molar-refractivity contribution < 1.29 is 30.8 Å². The summed E-state index contributed by atoms with van der Waals surface area (Å²) in [6.45, 7) is 0. The normalized spacial score (nSPS) is 12.7. The van der Waals surface area contributed by atoms with Gasteiger partial charge in [-0.1, -0.05) is 0 Å². The van der Waals surface area contributed by atoms with Crippen molar-refractivity contribution in [1.82, 2.24) is 0 Å². The Labute approximate surface area is 49.0 Å². The second-order valence-corrected chi connectivity index (χ2v) is 2.86. The van der Waals surface area contributed by atoms with E-state index >= 15 is 0 Å². The first-order chi connectivity index (χ1) is 2.00. The zero-order chi connectivity index (χ0) is 4.50. The number of halogens is 4. The summed E-state index contributed by atoms with van der Waals surface area (Å²) >= 11 is -7.17. The van der Waals surface area contributed by atoms with Crippen molar-refractivity contribution in [3.8, 4) is 0 Å². The van der Waals surface area contributed by atoms with Gasteiger partial charge >= 0.3 is 48.7 Å². The molecule has 0 saturated heterocycles. The average molecular weight is 338 g/mol. The van der Waals surface area contributed by atoms with Crippen molar-refractivity contribution >= 4 is 18.0 Å². The molecule has 0 spiro atoms. The van der Waals surface area contributed by atoms with Crippen LogP contribution in [0.15, 0.2) is 0 Å². The SMILES string of the molecule is [AsH3].[F][W]([F])([F])[F]. The van der Waals surface area contributed by atoms with Crippen LogP contribution in [0.3, 0.4) is 0 Å². The third-order valence-corrected chi connectivity index (χ3v) is 0. The molecular weight excluding hydrogens is 335 g/mol. The van der Waals surface area contributed by atoms with Crippen LogP contribution in [0.5, 0.6) is 0 Å². The van der Waals surface area contributed by atoms with E-state index in [9.17, 15) is 12.6 Å². The monoisotopic (exact) mass is 338 g/mol. The Morgan fingerprint density at radius 2 is 0.833 bits per heavy atom. The first-order valence-corrected chi connectivity index (χ1v) is 5.05. The van der Waals surface area contributed by atoms with E-state index in [4.69, 9.17) is 0 Å².